The fourth-order valence-electron chi connectivity index (χ4n) is 1.55. The van der Waals surface area contributed by atoms with Gasteiger partial charge >= 0.3 is 0 Å². The van der Waals surface area contributed by atoms with Crippen LogP contribution in [-0.2, 0) is 0 Å². The van der Waals surface area contributed by atoms with E-state index < -0.39 is 5.82 Å². The second-order valence-corrected chi connectivity index (χ2v) is 5.73. The van der Waals surface area contributed by atoms with Crippen LogP contribution in [0.3, 0.4) is 0 Å². The second-order valence-electron chi connectivity index (χ2n) is 5.35. The molecule has 1 rings (SSSR count). The van der Waals surface area contributed by atoms with Crippen molar-refractivity contribution in [3.05, 3.63) is 34.6 Å². The van der Waals surface area contributed by atoms with Gasteiger partial charge in [0.05, 0.1) is 5.02 Å². The molecule has 0 bridgehead atoms. The molecule has 3 heteroatoms. The van der Waals surface area contributed by atoms with E-state index in [1.165, 1.54) is 6.07 Å². The lowest BCUT2D eigenvalue weighted by atomic mass is 9.87. The summed E-state index contributed by atoms with van der Waals surface area (Å²) in [5, 5.41) is 0.156. The van der Waals surface area contributed by atoms with Gasteiger partial charge in [-0.2, -0.15) is 0 Å². The Bertz CT molecular complexity index is 357. The summed E-state index contributed by atoms with van der Waals surface area (Å²) in [6.45, 7) is 6.48. The van der Waals surface area contributed by atoms with Crippen LogP contribution in [0.15, 0.2) is 18.2 Å². The van der Waals surface area contributed by atoms with Gasteiger partial charge in [-0.3, -0.25) is 0 Å². The molecule has 0 saturated carbocycles. The zero-order valence-corrected chi connectivity index (χ0v) is 10.8. The summed E-state index contributed by atoms with van der Waals surface area (Å²) < 4.78 is 13.2. The van der Waals surface area contributed by atoms with Crippen LogP contribution in [0, 0.1) is 11.2 Å². The molecule has 2 N–H and O–H groups in total. The van der Waals surface area contributed by atoms with Gasteiger partial charge < -0.3 is 5.73 Å². The second kappa shape index (κ2) is 5.15. The number of benzene rings is 1. The van der Waals surface area contributed by atoms with Crippen molar-refractivity contribution in [1.29, 1.82) is 0 Å². The highest BCUT2D eigenvalue weighted by atomic mass is 35.5. The molecule has 1 nitrogen and oxygen atoms in total. The maximum Gasteiger partial charge on any atom is 0.142 e. The maximum atomic E-state index is 13.2. The summed E-state index contributed by atoms with van der Waals surface area (Å²) in [6, 6.07) is 4.59. The summed E-state index contributed by atoms with van der Waals surface area (Å²) in [7, 11) is 0. The predicted molar refractivity (Wildman–Crippen MR) is 67.0 cm³/mol. The standard InChI is InChI=1S/C13H19ClFN/c1-13(2,3)8-7-11(16)9-5-4-6-10(15)12(9)14/h4-6,11H,7-8,16H2,1-3H3. The minimum atomic E-state index is -0.398. The number of rotatable bonds is 3. The highest BCUT2D eigenvalue weighted by Crippen LogP contribution is 2.30. The van der Waals surface area contributed by atoms with Crippen molar-refractivity contribution < 1.29 is 4.39 Å². The molecular formula is C13H19ClFN. The Morgan fingerprint density at radius 1 is 1.38 bits per heavy atom. The normalized spacial score (nSPS) is 13.9. The maximum absolute atomic E-state index is 13.2. The van der Waals surface area contributed by atoms with Crippen LogP contribution in [0.1, 0.15) is 45.2 Å². The molecule has 0 heterocycles. The van der Waals surface area contributed by atoms with Crippen LogP contribution < -0.4 is 5.73 Å². The third kappa shape index (κ3) is 3.76. The molecular weight excluding hydrogens is 225 g/mol. The van der Waals surface area contributed by atoms with Crippen molar-refractivity contribution in [3.63, 3.8) is 0 Å². The Kier molecular flexibility index (Phi) is 4.34. The van der Waals surface area contributed by atoms with E-state index in [1.54, 1.807) is 12.1 Å². The Morgan fingerprint density at radius 2 is 2.00 bits per heavy atom. The Hall–Kier alpha value is -0.600. The van der Waals surface area contributed by atoms with Crippen LogP contribution in [0.25, 0.3) is 0 Å². The van der Waals surface area contributed by atoms with Crippen LogP contribution in [-0.4, -0.2) is 0 Å². The van der Waals surface area contributed by atoms with Gasteiger partial charge in [-0.1, -0.05) is 44.5 Å². The molecule has 1 aromatic rings. The number of nitrogens with two attached hydrogens (primary N) is 1. The van der Waals surface area contributed by atoms with Crippen LogP contribution in [0.4, 0.5) is 4.39 Å². The molecule has 0 aliphatic heterocycles. The first-order valence-corrected chi connectivity index (χ1v) is 5.88. The van der Waals surface area contributed by atoms with Crippen molar-refractivity contribution >= 4 is 11.6 Å². The highest BCUT2D eigenvalue weighted by molar-refractivity contribution is 6.31. The zero-order valence-electron chi connectivity index (χ0n) is 10.1. The molecule has 1 atom stereocenters. The minimum absolute atomic E-state index is 0.156. The molecule has 0 spiro atoms. The Morgan fingerprint density at radius 3 is 2.56 bits per heavy atom. The molecule has 0 amide bonds. The largest absolute Gasteiger partial charge is 0.324 e. The average molecular weight is 244 g/mol. The molecule has 0 aromatic heterocycles. The van der Waals surface area contributed by atoms with Gasteiger partial charge in [0, 0.05) is 6.04 Å². The van der Waals surface area contributed by atoms with Crippen molar-refractivity contribution in [2.45, 2.75) is 39.7 Å². The topological polar surface area (TPSA) is 26.0 Å². The lowest BCUT2D eigenvalue weighted by Crippen LogP contribution is -2.15. The van der Waals surface area contributed by atoms with E-state index in [0.717, 1.165) is 12.8 Å². The van der Waals surface area contributed by atoms with Gasteiger partial charge in [0.25, 0.3) is 0 Å². The van der Waals surface area contributed by atoms with E-state index in [2.05, 4.69) is 20.8 Å². The third-order valence-electron chi connectivity index (χ3n) is 2.59. The van der Waals surface area contributed by atoms with Gasteiger partial charge in [0.15, 0.2) is 0 Å². The monoisotopic (exact) mass is 243 g/mol. The van der Waals surface area contributed by atoms with Gasteiger partial charge in [0.2, 0.25) is 0 Å². The van der Waals surface area contributed by atoms with Crippen molar-refractivity contribution in [2.24, 2.45) is 11.1 Å². The zero-order chi connectivity index (χ0) is 12.3. The van der Waals surface area contributed by atoms with Crippen molar-refractivity contribution in [1.82, 2.24) is 0 Å². The summed E-state index contributed by atoms with van der Waals surface area (Å²) in [4.78, 5) is 0. The van der Waals surface area contributed by atoms with Gasteiger partial charge in [0.1, 0.15) is 5.82 Å². The summed E-state index contributed by atoms with van der Waals surface area (Å²) in [5.74, 6) is -0.398. The molecule has 0 aliphatic carbocycles. The molecule has 16 heavy (non-hydrogen) atoms. The third-order valence-corrected chi connectivity index (χ3v) is 2.99. The molecule has 1 unspecified atom stereocenters. The Balaban J connectivity index is 2.73. The summed E-state index contributed by atoms with van der Waals surface area (Å²) in [6.07, 6.45) is 1.80. The quantitative estimate of drug-likeness (QED) is 0.841. The highest BCUT2D eigenvalue weighted by Gasteiger charge is 2.16. The molecule has 1 aromatic carbocycles. The predicted octanol–water partition coefficient (Wildman–Crippen LogP) is 4.31. The smallest absolute Gasteiger partial charge is 0.142 e. The van der Waals surface area contributed by atoms with Crippen molar-refractivity contribution in [2.75, 3.05) is 0 Å². The summed E-state index contributed by atoms with van der Waals surface area (Å²) in [5.41, 5.74) is 6.95. The van der Waals surface area contributed by atoms with E-state index in [1.807, 2.05) is 0 Å². The first-order valence-electron chi connectivity index (χ1n) is 5.51. The van der Waals surface area contributed by atoms with E-state index in [0.29, 0.717) is 5.56 Å². The van der Waals surface area contributed by atoms with Gasteiger partial charge in [-0.15, -0.1) is 0 Å². The number of halogens is 2. The van der Waals surface area contributed by atoms with Crippen LogP contribution >= 0.6 is 11.6 Å². The lowest BCUT2D eigenvalue weighted by Gasteiger charge is -2.21. The van der Waals surface area contributed by atoms with Crippen molar-refractivity contribution in [3.8, 4) is 0 Å². The first-order chi connectivity index (χ1) is 7.31. The Labute approximate surface area is 102 Å². The SMILES string of the molecule is CC(C)(C)CCC(N)c1cccc(F)c1Cl. The van der Waals surface area contributed by atoms with Gasteiger partial charge in [-0.25, -0.2) is 4.39 Å². The van der Waals surface area contributed by atoms with E-state index in [9.17, 15) is 4.39 Å². The fourth-order valence-corrected chi connectivity index (χ4v) is 1.82. The lowest BCUT2D eigenvalue weighted by molar-refractivity contribution is 0.349. The van der Waals surface area contributed by atoms with Crippen LogP contribution in [0.5, 0.6) is 0 Å². The average Bonchev–Trinajstić information content (AvgIpc) is 2.17. The van der Waals surface area contributed by atoms with E-state index in [-0.39, 0.29) is 16.5 Å². The van der Waals surface area contributed by atoms with Gasteiger partial charge in [-0.05, 0) is 29.9 Å². The number of hydrogen-bond donors (Lipinski definition) is 1. The molecule has 0 radical (unpaired) electrons. The minimum Gasteiger partial charge on any atom is -0.324 e. The fraction of sp³-hybridized carbons (Fsp3) is 0.538. The molecule has 0 saturated heterocycles. The van der Waals surface area contributed by atoms with Crippen LogP contribution in [0.2, 0.25) is 5.02 Å². The molecule has 90 valence electrons. The molecule has 0 fully saturated rings. The van der Waals surface area contributed by atoms with E-state index >= 15 is 0 Å². The summed E-state index contributed by atoms with van der Waals surface area (Å²) >= 11 is 5.88. The molecule has 0 aliphatic rings. The number of hydrogen-bond acceptors (Lipinski definition) is 1. The first kappa shape index (κ1) is 13.5. The van der Waals surface area contributed by atoms with E-state index in [4.69, 9.17) is 17.3 Å².